The third-order valence-electron chi connectivity index (χ3n) is 2.78. The fraction of sp³-hybridized carbons (Fsp3) is 0.500. The van der Waals surface area contributed by atoms with Crippen molar-refractivity contribution >= 4 is 21.6 Å². The molecule has 0 aliphatic rings. The fourth-order valence-electron chi connectivity index (χ4n) is 2.01. The zero-order chi connectivity index (χ0) is 16.0. The summed E-state index contributed by atoms with van der Waals surface area (Å²) in [5.41, 5.74) is 0.128. The number of nitrogens with one attached hydrogen (secondary N) is 1. The van der Waals surface area contributed by atoms with Crippen LogP contribution in [0.3, 0.4) is 0 Å². The largest absolute Gasteiger partial charge is 0.339 e. The van der Waals surface area contributed by atoms with Crippen molar-refractivity contribution in [1.82, 2.24) is 4.90 Å². The number of carbonyl (C=O) groups is 1. The van der Waals surface area contributed by atoms with Crippen LogP contribution in [0.25, 0.3) is 0 Å². The minimum absolute atomic E-state index is 0.0299. The first-order valence-electron chi connectivity index (χ1n) is 6.85. The molecule has 0 aromatic heterocycles. The lowest BCUT2D eigenvalue weighted by atomic mass is 10.1. The molecule has 1 rings (SSSR count). The molecule has 0 spiro atoms. The SMILES string of the molecule is CCCN(CCC)C(=O)c1cc(F)ccc1NS(C)(=O)=O. The Kier molecular flexibility index (Phi) is 6.14. The van der Waals surface area contributed by atoms with Gasteiger partial charge in [-0.05, 0) is 31.0 Å². The molecule has 0 saturated heterocycles. The summed E-state index contributed by atoms with van der Waals surface area (Å²) >= 11 is 0. The van der Waals surface area contributed by atoms with Crippen molar-refractivity contribution in [3.63, 3.8) is 0 Å². The second kappa shape index (κ2) is 7.40. The molecule has 1 N–H and O–H groups in total. The molecule has 0 heterocycles. The van der Waals surface area contributed by atoms with E-state index in [1.54, 1.807) is 4.90 Å². The summed E-state index contributed by atoms with van der Waals surface area (Å²) < 4.78 is 38.4. The quantitative estimate of drug-likeness (QED) is 0.840. The summed E-state index contributed by atoms with van der Waals surface area (Å²) in [6.07, 6.45) is 2.53. The van der Waals surface area contributed by atoms with Gasteiger partial charge in [-0.1, -0.05) is 13.8 Å². The van der Waals surface area contributed by atoms with Crippen LogP contribution < -0.4 is 4.72 Å². The van der Waals surface area contributed by atoms with Crippen molar-refractivity contribution in [2.45, 2.75) is 26.7 Å². The molecular weight excluding hydrogens is 295 g/mol. The van der Waals surface area contributed by atoms with Crippen molar-refractivity contribution in [1.29, 1.82) is 0 Å². The van der Waals surface area contributed by atoms with Crippen LogP contribution in [0.4, 0.5) is 10.1 Å². The molecule has 0 unspecified atom stereocenters. The van der Waals surface area contributed by atoms with E-state index < -0.39 is 15.8 Å². The van der Waals surface area contributed by atoms with E-state index in [4.69, 9.17) is 0 Å². The Balaban J connectivity index is 3.19. The van der Waals surface area contributed by atoms with E-state index in [0.717, 1.165) is 31.2 Å². The van der Waals surface area contributed by atoms with Crippen LogP contribution >= 0.6 is 0 Å². The molecule has 1 amide bonds. The number of carbonyl (C=O) groups excluding carboxylic acids is 1. The van der Waals surface area contributed by atoms with Gasteiger partial charge in [-0.25, -0.2) is 12.8 Å². The molecule has 0 bridgehead atoms. The van der Waals surface area contributed by atoms with E-state index in [1.165, 1.54) is 6.07 Å². The highest BCUT2D eigenvalue weighted by Crippen LogP contribution is 2.20. The first-order chi connectivity index (χ1) is 9.78. The van der Waals surface area contributed by atoms with Crippen molar-refractivity contribution in [3.8, 4) is 0 Å². The van der Waals surface area contributed by atoms with Crippen LogP contribution in [0, 0.1) is 5.82 Å². The van der Waals surface area contributed by atoms with Crippen molar-refractivity contribution in [2.75, 3.05) is 24.1 Å². The Labute approximate surface area is 125 Å². The number of sulfonamides is 1. The van der Waals surface area contributed by atoms with Crippen LogP contribution in [0.15, 0.2) is 18.2 Å². The zero-order valence-electron chi connectivity index (χ0n) is 12.5. The van der Waals surface area contributed by atoms with Crippen LogP contribution in [-0.2, 0) is 10.0 Å². The summed E-state index contributed by atoms with van der Waals surface area (Å²) in [4.78, 5) is 14.1. The number of hydrogen-bond donors (Lipinski definition) is 1. The highest BCUT2D eigenvalue weighted by Gasteiger charge is 2.20. The second-order valence-electron chi connectivity index (χ2n) is 4.86. The Hall–Kier alpha value is -1.63. The van der Waals surface area contributed by atoms with E-state index >= 15 is 0 Å². The molecule has 1 aromatic rings. The lowest BCUT2D eigenvalue weighted by Gasteiger charge is -2.23. The van der Waals surface area contributed by atoms with Gasteiger partial charge in [0.2, 0.25) is 10.0 Å². The molecule has 0 atom stereocenters. The maximum Gasteiger partial charge on any atom is 0.256 e. The summed E-state index contributed by atoms with van der Waals surface area (Å²) in [5, 5.41) is 0. The summed E-state index contributed by atoms with van der Waals surface area (Å²) in [6, 6.07) is 3.45. The van der Waals surface area contributed by atoms with Gasteiger partial charge in [-0.3, -0.25) is 9.52 Å². The number of halogens is 1. The molecule has 7 heteroatoms. The van der Waals surface area contributed by atoms with Crippen LogP contribution in [-0.4, -0.2) is 38.6 Å². The third-order valence-corrected chi connectivity index (χ3v) is 3.37. The maximum absolute atomic E-state index is 13.4. The van der Waals surface area contributed by atoms with Crippen molar-refractivity contribution in [3.05, 3.63) is 29.6 Å². The summed E-state index contributed by atoms with van der Waals surface area (Å²) in [6.45, 7) is 4.97. The second-order valence-corrected chi connectivity index (χ2v) is 6.60. The highest BCUT2D eigenvalue weighted by molar-refractivity contribution is 7.92. The molecule has 5 nitrogen and oxygen atoms in total. The normalized spacial score (nSPS) is 11.2. The average Bonchev–Trinajstić information content (AvgIpc) is 2.38. The average molecular weight is 316 g/mol. The van der Waals surface area contributed by atoms with Crippen molar-refractivity contribution < 1.29 is 17.6 Å². The maximum atomic E-state index is 13.4. The molecule has 118 valence electrons. The van der Waals surface area contributed by atoms with E-state index in [2.05, 4.69) is 4.72 Å². The Morgan fingerprint density at radius 3 is 2.29 bits per heavy atom. The molecule has 0 fully saturated rings. The topological polar surface area (TPSA) is 66.5 Å². The molecule has 0 radical (unpaired) electrons. The Morgan fingerprint density at radius 2 is 1.81 bits per heavy atom. The fourth-order valence-corrected chi connectivity index (χ4v) is 2.58. The highest BCUT2D eigenvalue weighted by atomic mass is 32.2. The van der Waals surface area contributed by atoms with Crippen LogP contribution in [0.2, 0.25) is 0 Å². The number of rotatable bonds is 7. The van der Waals surface area contributed by atoms with Crippen LogP contribution in [0.1, 0.15) is 37.0 Å². The van der Waals surface area contributed by atoms with Gasteiger partial charge in [0.05, 0.1) is 17.5 Å². The molecule has 1 aromatic carbocycles. The minimum atomic E-state index is -3.54. The van der Waals surface area contributed by atoms with E-state index in [9.17, 15) is 17.6 Å². The van der Waals surface area contributed by atoms with Gasteiger partial charge in [0.1, 0.15) is 5.82 Å². The molecular formula is C14H21FN2O3S. The first kappa shape index (κ1) is 17.4. The number of nitrogens with zero attached hydrogens (tertiary/aromatic N) is 1. The number of anilines is 1. The molecule has 0 saturated carbocycles. The standard InChI is InChI=1S/C14H21FN2O3S/c1-4-8-17(9-5-2)14(18)12-10-11(15)6-7-13(12)16-21(3,19)20/h6-7,10,16H,4-5,8-9H2,1-3H3. The van der Waals surface area contributed by atoms with Gasteiger partial charge >= 0.3 is 0 Å². The monoisotopic (exact) mass is 316 g/mol. The van der Waals surface area contributed by atoms with Crippen LogP contribution in [0.5, 0.6) is 0 Å². The summed E-state index contributed by atoms with van der Waals surface area (Å²) in [5.74, 6) is -0.949. The third kappa shape index (κ3) is 5.34. The number of amides is 1. The zero-order valence-corrected chi connectivity index (χ0v) is 13.3. The molecule has 21 heavy (non-hydrogen) atoms. The van der Waals surface area contributed by atoms with E-state index in [1.807, 2.05) is 13.8 Å². The number of benzene rings is 1. The minimum Gasteiger partial charge on any atom is -0.339 e. The predicted molar refractivity (Wildman–Crippen MR) is 81.4 cm³/mol. The predicted octanol–water partition coefficient (Wildman–Crippen LogP) is 2.46. The molecule has 0 aliphatic carbocycles. The Morgan fingerprint density at radius 1 is 1.24 bits per heavy atom. The number of hydrogen-bond acceptors (Lipinski definition) is 3. The van der Waals surface area contributed by atoms with Gasteiger partial charge in [-0.15, -0.1) is 0 Å². The van der Waals surface area contributed by atoms with Crippen molar-refractivity contribution in [2.24, 2.45) is 0 Å². The van der Waals surface area contributed by atoms with E-state index in [0.29, 0.717) is 13.1 Å². The van der Waals surface area contributed by atoms with Gasteiger partial charge < -0.3 is 4.90 Å². The van der Waals surface area contributed by atoms with Gasteiger partial charge in [0.15, 0.2) is 0 Å². The van der Waals surface area contributed by atoms with Gasteiger partial charge in [0.25, 0.3) is 5.91 Å². The first-order valence-corrected chi connectivity index (χ1v) is 8.74. The van der Waals surface area contributed by atoms with Gasteiger partial charge in [-0.2, -0.15) is 0 Å². The lowest BCUT2D eigenvalue weighted by molar-refractivity contribution is 0.0756. The lowest BCUT2D eigenvalue weighted by Crippen LogP contribution is -2.33. The van der Waals surface area contributed by atoms with E-state index in [-0.39, 0.29) is 17.2 Å². The Bertz CT molecular complexity index is 596. The van der Waals surface area contributed by atoms with Gasteiger partial charge in [0, 0.05) is 13.1 Å². The smallest absolute Gasteiger partial charge is 0.256 e. The molecule has 0 aliphatic heterocycles. The summed E-state index contributed by atoms with van der Waals surface area (Å²) in [7, 11) is -3.54.